The average molecular weight is 255 g/mol. The third-order valence-corrected chi connectivity index (χ3v) is 2.89. The second kappa shape index (κ2) is 8.08. The van der Waals surface area contributed by atoms with Gasteiger partial charge >= 0.3 is 0 Å². The maximum absolute atomic E-state index is 11.5. The van der Waals surface area contributed by atoms with Gasteiger partial charge in [0.05, 0.1) is 0 Å². The summed E-state index contributed by atoms with van der Waals surface area (Å²) in [5, 5.41) is 8.96. The van der Waals surface area contributed by atoms with Crippen LogP contribution >= 0.6 is 0 Å². The summed E-state index contributed by atoms with van der Waals surface area (Å²) in [5.41, 5.74) is 0. The molecule has 1 atom stereocenters. The second-order valence-electron chi connectivity index (χ2n) is 4.96. The molecule has 0 radical (unpaired) electrons. The molecule has 0 saturated heterocycles. The van der Waals surface area contributed by atoms with Gasteiger partial charge in [-0.1, -0.05) is 6.92 Å². The molecule has 1 aliphatic carbocycles. The van der Waals surface area contributed by atoms with Gasteiger partial charge in [0.2, 0.25) is 11.8 Å². The Hall–Kier alpha value is -1.10. The molecule has 2 amide bonds. The van der Waals surface area contributed by atoms with Crippen LogP contribution in [0, 0.1) is 0 Å². The number of rotatable bonds is 9. The van der Waals surface area contributed by atoms with Gasteiger partial charge in [-0.05, 0) is 32.7 Å². The largest absolute Gasteiger partial charge is 0.356 e. The van der Waals surface area contributed by atoms with Crippen LogP contribution in [0.15, 0.2) is 0 Å². The van der Waals surface area contributed by atoms with Crippen molar-refractivity contribution in [1.29, 1.82) is 0 Å². The summed E-state index contributed by atoms with van der Waals surface area (Å²) < 4.78 is 0. The smallest absolute Gasteiger partial charge is 0.221 e. The lowest BCUT2D eigenvalue weighted by Gasteiger charge is -2.12. The van der Waals surface area contributed by atoms with Crippen LogP contribution in [-0.2, 0) is 9.59 Å². The van der Waals surface area contributed by atoms with E-state index in [0.717, 1.165) is 19.4 Å². The summed E-state index contributed by atoms with van der Waals surface area (Å²) in [6.45, 7) is 5.46. The van der Waals surface area contributed by atoms with Crippen LogP contribution in [0.1, 0.15) is 46.0 Å². The molecule has 0 heterocycles. The summed E-state index contributed by atoms with van der Waals surface area (Å²) in [6.07, 6.45) is 3.93. The van der Waals surface area contributed by atoms with Crippen molar-refractivity contribution in [1.82, 2.24) is 16.0 Å². The fraction of sp³-hybridized carbons (Fsp3) is 0.846. The van der Waals surface area contributed by atoms with Crippen molar-refractivity contribution >= 4 is 11.8 Å². The third-order valence-electron chi connectivity index (χ3n) is 2.89. The van der Waals surface area contributed by atoms with E-state index in [2.05, 4.69) is 16.0 Å². The zero-order chi connectivity index (χ0) is 13.4. The van der Waals surface area contributed by atoms with Crippen LogP contribution in [0.2, 0.25) is 0 Å². The van der Waals surface area contributed by atoms with Crippen LogP contribution in [0.5, 0.6) is 0 Å². The minimum atomic E-state index is 0.0473. The van der Waals surface area contributed by atoms with E-state index in [1.807, 2.05) is 13.8 Å². The molecule has 3 N–H and O–H groups in total. The maximum Gasteiger partial charge on any atom is 0.221 e. The van der Waals surface area contributed by atoms with E-state index >= 15 is 0 Å². The summed E-state index contributed by atoms with van der Waals surface area (Å²) in [6, 6.07) is 0.626. The van der Waals surface area contributed by atoms with Gasteiger partial charge in [0.25, 0.3) is 0 Å². The highest BCUT2D eigenvalue weighted by atomic mass is 16.2. The number of carbonyl (C=O) groups is 2. The van der Waals surface area contributed by atoms with Crippen molar-refractivity contribution in [2.24, 2.45) is 0 Å². The van der Waals surface area contributed by atoms with Crippen molar-refractivity contribution in [3.63, 3.8) is 0 Å². The maximum atomic E-state index is 11.5. The summed E-state index contributed by atoms with van der Waals surface area (Å²) in [4.78, 5) is 22.9. The van der Waals surface area contributed by atoms with Crippen molar-refractivity contribution in [3.8, 4) is 0 Å². The minimum absolute atomic E-state index is 0.0473. The first-order valence-electron chi connectivity index (χ1n) is 6.91. The van der Waals surface area contributed by atoms with E-state index < -0.39 is 0 Å². The fourth-order valence-corrected chi connectivity index (χ4v) is 1.78. The van der Waals surface area contributed by atoms with Crippen LogP contribution in [0.25, 0.3) is 0 Å². The predicted octanol–water partition coefficient (Wildman–Crippen LogP) is 0.549. The molecule has 5 nitrogen and oxygen atoms in total. The van der Waals surface area contributed by atoms with E-state index in [9.17, 15) is 9.59 Å². The van der Waals surface area contributed by atoms with E-state index in [1.54, 1.807) is 0 Å². The minimum Gasteiger partial charge on any atom is -0.356 e. The van der Waals surface area contributed by atoms with Crippen LogP contribution in [0.4, 0.5) is 0 Å². The molecular weight excluding hydrogens is 230 g/mol. The van der Waals surface area contributed by atoms with Gasteiger partial charge in [-0.2, -0.15) is 0 Å². The predicted molar refractivity (Wildman–Crippen MR) is 71.2 cm³/mol. The highest BCUT2D eigenvalue weighted by Gasteiger charge is 2.22. The van der Waals surface area contributed by atoms with Crippen LogP contribution < -0.4 is 16.0 Å². The molecular formula is C13H25N3O2. The molecule has 1 saturated carbocycles. The van der Waals surface area contributed by atoms with Crippen molar-refractivity contribution in [2.75, 3.05) is 13.1 Å². The molecule has 1 aliphatic rings. The molecule has 0 bridgehead atoms. The Morgan fingerprint density at radius 3 is 2.61 bits per heavy atom. The number of hydrogen-bond acceptors (Lipinski definition) is 3. The molecule has 0 aromatic carbocycles. The van der Waals surface area contributed by atoms with Crippen molar-refractivity contribution in [2.45, 2.75) is 58.0 Å². The summed E-state index contributed by atoms with van der Waals surface area (Å²) in [5.74, 6) is 0.152. The van der Waals surface area contributed by atoms with Gasteiger partial charge < -0.3 is 16.0 Å². The van der Waals surface area contributed by atoms with Gasteiger partial charge in [-0.25, -0.2) is 0 Å². The Balaban J connectivity index is 1.95. The second-order valence-corrected chi connectivity index (χ2v) is 4.96. The summed E-state index contributed by atoms with van der Waals surface area (Å²) >= 11 is 0. The first-order chi connectivity index (χ1) is 8.61. The molecule has 5 heteroatoms. The Kier molecular flexibility index (Phi) is 6.72. The Bertz CT molecular complexity index is 277. The fourth-order valence-electron chi connectivity index (χ4n) is 1.78. The molecule has 0 spiro atoms. The average Bonchev–Trinajstić information content (AvgIpc) is 3.08. The molecule has 1 rings (SSSR count). The lowest BCUT2D eigenvalue weighted by Crippen LogP contribution is -2.34. The molecule has 0 aliphatic heterocycles. The van der Waals surface area contributed by atoms with Crippen molar-refractivity contribution in [3.05, 3.63) is 0 Å². The highest BCUT2D eigenvalue weighted by molar-refractivity contribution is 5.77. The monoisotopic (exact) mass is 255 g/mol. The standard InChI is InChI=1S/C13H25N3O2/c1-3-14-10(2)9-13(18)15-8-4-5-12(17)16-11-6-7-11/h10-11,14H,3-9H2,1-2H3,(H,15,18)(H,16,17). The molecule has 104 valence electrons. The number of amides is 2. The Labute approximate surface area is 109 Å². The highest BCUT2D eigenvalue weighted by Crippen LogP contribution is 2.18. The first kappa shape index (κ1) is 15.0. The molecule has 1 fully saturated rings. The SMILES string of the molecule is CCNC(C)CC(=O)NCCCC(=O)NC1CC1. The first-order valence-corrected chi connectivity index (χ1v) is 6.91. The third kappa shape index (κ3) is 7.27. The van der Waals surface area contributed by atoms with E-state index in [0.29, 0.717) is 31.8 Å². The van der Waals surface area contributed by atoms with Crippen LogP contribution in [-0.4, -0.2) is 37.0 Å². The Morgan fingerprint density at radius 1 is 1.28 bits per heavy atom. The van der Waals surface area contributed by atoms with E-state index in [-0.39, 0.29) is 17.9 Å². The lowest BCUT2D eigenvalue weighted by molar-refractivity contribution is -0.123. The summed E-state index contributed by atoms with van der Waals surface area (Å²) in [7, 11) is 0. The zero-order valence-electron chi connectivity index (χ0n) is 11.4. The van der Waals surface area contributed by atoms with Gasteiger partial charge in [0.15, 0.2) is 0 Å². The topological polar surface area (TPSA) is 70.2 Å². The Morgan fingerprint density at radius 2 is 2.00 bits per heavy atom. The van der Waals surface area contributed by atoms with Gasteiger partial charge in [0, 0.05) is 31.5 Å². The molecule has 0 aromatic rings. The van der Waals surface area contributed by atoms with E-state index in [4.69, 9.17) is 0 Å². The van der Waals surface area contributed by atoms with Crippen molar-refractivity contribution < 1.29 is 9.59 Å². The number of hydrogen-bond donors (Lipinski definition) is 3. The normalized spacial score (nSPS) is 16.1. The molecule has 0 aromatic heterocycles. The van der Waals surface area contributed by atoms with Gasteiger partial charge in [-0.15, -0.1) is 0 Å². The lowest BCUT2D eigenvalue weighted by atomic mass is 10.2. The van der Waals surface area contributed by atoms with Gasteiger partial charge in [-0.3, -0.25) is 9.59 Å². The van der Waals surface area contributed by atoms with Crippen LogP contribution in [0.3, 0.4) is 0 Å². The molecule has 1 unspecified atom stereocenters. The number of nitrogens with one attached hydrogen (secondary N) is 3. The number of carbonyl (C=O) groups excluding carboxylic acids is 2. The van der Waals surface area contributed by atoms with E-state index in [1.165, 1.54) is 0 Å². The quantitative estimate of drug-likeness (QED) is 0.527. The zero-order valence-corrected chi connectivity index (χ0v) is 11.4. The van der Waals surface area contributed by atoms with Gasteiger partial charge in [0.1, 0.15) is 0 Å². The molecule has 18 heavy (non-hydrogen) atoms.